The van der Waals surface area contributed by atoms with Gasteiger partial charge in [-0.25, -0.2) is 4.57 Å². The molecular formula is C51H100N2O6P+. The number of aliphatic hydroxyl groups excluding tert-OH is 1. The number of aliphatic hydroxyl groups is 1. The maximum Gasteiger partial charge on any atom is 0.472 e. The summed E-state index contributed by atoms with van der Waals surface area (Å²) in [7, 11) is 1.55. The van der Waals surface area contributed by atoms with Crippen LogP contribution in [0.2, 0.25) is 0 Å². The maximum absolute atomic E-state index is 12.9. The van der Waals surface area contributed by atoms with Gasteiger partial charge in [-0.15, -0.1) is 0 Å². The van der Waals surface area contributed by atoms with E-state index >= 15 is 0 Å². The second-order valence-corrected chi connectivity index (χ2v) is 20.0. The van der Waals surface area contributed by atoms with Crippen LogP contribution in [0.15, 0.2) is 36.5 Å². The topological polar surface area (TPSA) is 105 Å². The summed E-state index contributed by atoms with van der Waals surface area (Å²) in [4.78, 5) is 23.1. The van der Waals surface area contributed by atoms with Crippen molar-refractivity contribution in [3.8, 4) is 0 Å². The van der Waals surface area contributed by atoms with Crippen LogP contribution in [0.25, 0.3) is 0 Å². The summed E-state index contributed by atoms with van der Waals surface area (Å²) in [5.74, 6) is -0.190. The van der Waals surface area contributed by atoms with Gasteiger partial charge in [0.1, 0.15) is 13.2 Å². The fourth-order valence-electron chi connectivity index (χ4n) is 7.38. The minimum Gasteiger partial charge on any atom is -0.387 e. The Morgan fingerprint density at radius 1 is 0.567 bits per heavy atom. The van der Waals surface area contributed by atoms with Gasteiger partial charge in [0.05, 0.1) is 39.9 Å². The molecule has 0 aliphatic carbocycles. The Labute approximate surface area is 372 Å². The number of phosphoric ester groups is 1. The van der Waals surface area contributed by atoms with E-state index in [0.717, 1.165) is 51.4 Å². The zero-order valence-corrected chi connectivity index (χ0v) is 41.1. The number of nitrogens with one attached hydrogen (secondary N) is 1. The number of amides is 1. The highest BCUT2D eigenvalue weighted by Crippen LogP contribution is 2.43. The third-order valence-corrected chi connectivity index (χ3v) is 12.3. The van der Waals surface area contributed by atoms with E-state index in [-0.39, 0.29) is 19.1 Å². The number of hydrogen-bond acceptors (Lipinski definition) is 5. The van der Waals surface area contributed by atoms with E-state index in [1.807, 2.05) is 27.2 Å². The fourth-order valence-corrected chi connectivity index (χ4v) is 8.11. The van der Waals surface area contributed by atoms with Gasteiger partial charge in [0.25, 0.3) is 0 Å². The van der Waals surface area contributed by atoms with Gasteiger partial charge in [-0.05, 0) is 38.5 Å². The van der Waals surface area contributed by atoms with Crippen LogP contribution in [0.5, 0.6) is 0 Å². The van der Waals surface area contributed by atoms with Crippen LogP contribution in [0, 0.1) is 0 Å². The molecule has 8 nitrogen and oxygen atoms in total. The van der Waals surface area contributed by atoms with Crippen molar-refractivity contribution in [2.75, 3.05) is 40.9 Å². The predicted molar refractivity (Wildman–Crippen MR) is 258 cm³/mol. The second kappa shape index (κ2) is 43.0. The largest absolute Gasteiger partial charge is 0.472 e. The Morgan fingerprint density at radius 2 is 0.933 bits per heavy atom. The molecule has 0 saturated carbocycles. The lowest BCUT2D eigenvalue weighted by molar-refractivity contribution is -0.870. The molecule has 0 aliphatic rings. The molecule has 0 saturated heterocycles. The van der Waals surface area contributed by atoms with Crippen molar-refractivity contribution in [3.05, 3.63) is 36.5 Å². The van der Waals surface area contributed by atoms with Crippen LogP contribution in [0.4, 0.5) is 0 Å². The summed E-state index contributed by atoms with van der Waals surface area (Å²) < 4.78 is 23.5. The van der Waals surface area contributed by atoms with Crippen molar-refractivity contribution < 1.29 is 32.9 Å². The summed E-state index contributed by atoms with van der Waals surface area (Å²) in [6.07, 6.45) is 54.1. The lowest BCUT2D eigenvalue weighted by Crippen LogP contribution is -2.45. The molecule has 0 heterocycles. The van der Waals surface area contributed by atoms with Crippen molar-refractivity contribution in [1.29, 1.82) is 0 Å². The molecular weight excluding hydrogens is 768 g/mol. The number of nitrogens with zero attached hydrogens (tertiary/aromatic N) is 1. The van der Waals surface area contributed by atoms with E-state index in [2.05, 4.69) is 43.5 Å². The molecule has 0 aliphatic heterocycles. The van der Waals surface area contributed by atoms with Crippen molar-refractivity contribution >= 4 is 13.7 Å². The van der Waals surface area contributed by atoms with E-state index in [9.17, 15) is 19.4 Å². The second-order valence-electron chi connectivity index (χ2n) is 18.5. The lowest BCUT2D eigenvalue weighted by Gasteiger charge is -2.25. The van der Waals surface area contributed by atoms with Gasteiger partial charge in [0.2, 0.25) is 5.91 Å². The van der Waals surface area contributed by atoms with Gasteiger partial charge >= 0.3 is 7.82 Å². The third-order valence-electron chi connectivity index (χ3n) is 11.4. The van der Waals surface area contributed by atoms with Gasteiger partial charge in [-0.2, -0.15) is 0 Å². The highest BCUT2D eigenvalue weighted by atomic mass is 31.2. The van der Waals surface area contributed by atoms with Crippen molar-refractivity contribution in [1.82, 2.24) is 5.32 Å². The first-order valence-corrected chi connectivity index (χ1v) is 26.9. The molecule has 354 valence electrons. The summed E-state index contributed by atoms with van der Waals surface area (Å²) >= 11 is 0. The number of likely N-dealkylation sites (N-methyl/N-ethyl adjacent to an activating group) is 1. The molecule has 3 unspecified atom stereocenters. The molecule has 3 atom stereocenters. The number of unbranched alkanes of at least 4 members (excludes halogenated alkanes) is 29. The van der Waals surface area contributed by atoms with Gasteiger partial charge < -0.3 is 19.8 Å². The van der Waals surface area contributed by atoms with Crippen LogP contribution in [-0.4, -0.2) is 73.4 Å². The van der Waals surface area contributed by atoms with Crippen LogP contribution in [0.3, 0.4) is 0 Å². The molecule has 0 aromatic carbocycles. The number of hydrogen-bond donors (Lipinski definition) is 3. The molecule has 0 bridgehead atoms. The first-order valence-electron chi connectivity index (χ1n) is 25.4. The normalized spacial score (nSPS) is 14.4. The van der Waals surface area contributed by atoms with Crippen LogP contribution < -0.4 is 5.32 Å². The monoisotopic (exact) mass is 868 g/mol. The summed E-state index contributed by atoms with van der Waals surface area (Å²) in [6.45, 7) is 4.68. The molecule has 0 aromatic heterocycles. The number of carbonyl (C=O) groups is 1. The Hall–Kier alpha value is -1.28. The standard InChI is InChI=1S/C51H99N2O6P/c1-6-8-10-12-14-16-18-19-20-21-22-23-24-25-26-27-28-29-30-31-32-33-34-35-37-39-41-43-45-51(55)52-49(48-59-60(56,57)58-47-46-53(3,4)5)50(54)44-42-40-38-36-17-15-13-11-9-7-2/h9,11,17,36,42,44,49-50,54H,6-8,10,12-16,18-35,37-41,43,45-48H2,1-5H3,(H-,52,55,56,57)/p+1/b11-9+,36-17+,44-42+. The number of quaternary nitrogens is 1. The van der Waals surface area contributed by atoms with Crippen molar-refractivity contribution in [2.45, 2.75) is 244 Å². The average molecular weight is 868 g/mol. The zero-order chi connectivity index (χ0) is 44.3. The van der Waals surface area contributed by atoms with E-state index in [0.29, 0.717) is 17.4 Å². The van der Waals surface area contributed by atoms with Gasteiger partial charge in [0, 0.05) is 6.42 Å². The third kappa shape index (κ3) is 44.8. The smallest absolute Gasteiger partial charge is 0.387 e. The number of phosphoric acid groups is 1. The first kappa shape index (κ1) is 58.7. The van der Waals surface area contributed by atoms with Crippen molar-refractivity contribution in [3.63, 3.8) is 0 Å². The highest BCUT2D eigenvalue weighted by Gasteiger charge is 2.27. The summed E-state index contributed by atoms with van der Waals surface area (Å²) in [5, 5.41) is 13.8. The fraction of sp³-hybridized carbons (Fsp3) is 0.863. The SMILES string of the molecule is CC/C=C/CC/C=C/CC/C=C/C(O)C(COP(=O)(O)OCC[N+](C)(C)C)NC(=O)CCCCCCCCCCCCCCCCCCCCCCCCCCCCCC. The summed E-state index contributed by atoms with van der Waals surface area (Å²) in [6, 6.07) is -0.865. The van der Waals surface area contributed by atoms with Gasteiger partial charge in [-0.1, -0.05) is 224 Å². The number of allylic oxidation sites excluding steroid dienone is 5. The van der Waals surface area contributed by atoms with Crippen LogP contribution >= 0.6 is 7.82 Å². The molecule has 9 heteroatoms. The molecule has 0 spiro atoms. The summed E-state index contributed by atoms with van der Waals surface area (Å²) in [5.41, 5.74) is 0. The Balaban J connectivity index is 4.05. The molecule has 0 radical (unpaired) electrons. The molecule has 3 N–H and O–H groups in total. The molecule has 1 amide bonds. The predicted octanol–water partition coefficient (Wildman–Crippen LogP) is 14.6. The lowest BCUT2D eigenvalue weighted by atomic mass is 10.0. The molecule has 0 rings (SSSR count). The van der Waals surface area contributed by atoms with Crippen LogP contribution in [0.1, 0.15) is 232 Å². The maximum atomic E-state index is 12.9. The van der Waals surface area contributed by atoms with E-state index in [1.54, 1.807) is 6.08 Å². The Kier molecular flexibility index (Phi) is 42.1. The number of carbonyl (C=O) groups excluding carboxylic acids is 1. The van der Waals surface area contributed by atoms with E-state index < -0.39 is 20.0 Å². The minimum absolute atomic E-state index is 0.0544. The molecule has 0 aromatic rings. The average Bonchev–Trinajstić information content (AvgIpc) is 3.20. The Morgan fingerprint density at radius 3 is 1.32 bits per heavy atom. The van der Waals surface area contributed by atoms with E-state index in [4.69, 9.17) is 9.05 Å². The van der Waals surface area contributed by atoms with E-state index in [1.165, 1.54) is 161 Å². The highest BCUT2D eigenvalue weighted by molar-refractivity contribution is 7.47. The quantitative estimate of drug-likeness (QED) is 0.0244. The minimum atomic E-state index is -4.34. The van der Waals surface area contributed by atoms with Gasteiger partial charge in [-0.3, -0.25) is 13.8 Å². The molecule has 0 fully saturated rings. The zero-order valence-electron chi connectivity index (χ0n) is 40.2. The Bertz CT molecular complexity index is 1070. The number of rotatable bonds is 46. The van der Waals surface area contributed by atoms with Gasteiger partial charge in [0.15, 0.2) is 0 Å². The van der Waals surface area contributed by atoms with Crippen LogP contribution in [-0.2, 0) is 18.4 Å². The van der Waals surface area contributed by atoms with Crippen molar-refractivity contribution in [2.24, 2.45) is 0 Å². The first-order chi connectivity index (χ1) is 29.0. The molecule has 60 heavy (non-hydrogen) atoms.